The Morgan fingerprint density at radius 1 is 1.35 bits per heavy atom. The molecule has 0 saturated carbocycles. The largest absolute Gasteiger partial charge is 0.492 e. The fourth-order valence-electron chi connectivity index (χ4n) is 2.59. The van der Waals surface area contributed by atoms with Crippen LogP contribution >= 0.6 is 12.4 Å². The molecular weight excluding hydrogens is 314 g/mol. The van der Waals surface area contributed by atoms with Gasteiger partial charge in [-0.3, -0.25) is 4.79 Å². The second kappa shape index (κ2) is 9.75. The van der Waals surface area contributed by atoms with Gasteiger partial charge in [-0.1, -0.05) is 0 Å². The van der Waals surface area contributed by atoms with E-state index in [0.717, 1.165) is 37.4 Å². The molecular formula is C17H28ClN3O2. The van der Waals surface area contributed by atoms with Crippen LogP contribution in [0.2, 0.25) is 0 Å². The third kappa shape index (κ3) is 6.77. The molecule has 1 saturated heterocycles. The Morgan fingerprint density at radius 3 is 2.65 bits per heavy atom. The number of nitrogens with zero attached hydrogens (tertiary/aromatic N) is 1. The molecule has 1 aliphatic rings. The number of likely N-dealkylation sites (N-methyl/N-ethyl adjacent to an activating group) is 1. The lowest BCUT2D eigenvalue weighted by molar-refractivity contribution is -0.120. The maximum absolute atomic E-state index is 12.3. The van der Waals surface area contributed by atoms with Crippen molar-refractivity contribution in [3.63, 3.8) is 0 Å². The first-order valence-corrected chi connectivity index (χ1v) is 7.96. The molecule has 2 rings (SSSR count). The Morgan fingerprint density at radius 2 is 2.04 bits per heavy atom. The van der Waals surface area contributed by atoms with Crippen molar-refractivity contribution in [2.45, 2.75) is 25.8 Å². The van der Waals surface area contributed by atoms with E-state index in [4.69, 9.17) is 4.74 Å². The molecule has 1 aromatic rings. The quantitative estimate of drug-likeness (QED) is 0.834. The number of amides is 1. The van der Waals surface area contributed by atoms with Crippen molar-refractivity contribution in [3.05, 3.63) is 24.3 Å². The Balaban J connectivity index is 0.00000264. The number of benzene rings is 1. The second-order valence-corrected chi connectivity index (χ2v) is 6.24. The summed E-state index contributed by atoms with van der Waals surface area (Å²) >= 11 is 0. The van der Waals surface area contributed by atoms with Gasteiger partial charge >= 0.3 is 0 Å². The predicted octanol–water partition coefficient (Wildman–Crippen LogP) is 2.38. The van der Waals surface area contributed by atoms with Crippen molar-refractivity contribution in [2.75, 3.05) is 39.1 Å². The van der Waals surface area contributed by atoms with Crippen LogP contribution in [0.3, 0.4) is 0 Å². The first kappa shape index (κ1) is 19.7. The molecule has 23 heavy (non-hydrogen) atoms. The Bertz CT molecular complexity index is 479. The number of carbonyl (C=O) groups is 1. The number of anilines is 1. The SMILES string of the molecule is C[C@H]1C[C@@H](C(=O)Nc2ccc(OCCN(C)C)cc2)CCN1.Cl. The number of hydrogen-bond acceptors (Lipinski definition) is 4. The Labute approximate surface area is 145 Å². The van der Waals surface area contributed by atoms with Crippen molar-refractivity contribution in [1.82, 2.24) is 10.2 Å². The van der Waals surface area contributed by atoms with Crippen LogP contribution in [-0.2, 0) is 4.79 Å². The lowest BCUT2D eigenvalue weighted by atomic mass is 9.92. The molecule has 1 aromatic carbocycles. The molecule has 1 aliphatic heterocycles. The van der Waals surface area contributed by atoms with Gasteiger partial charge < -0.3 is 20.3 Å². The van der Waals surface area contributed by atoms with E-state index in [-0.39, 0.29) is 24.2 Å². The summed E-state index contributed by atoms with van der Waals surface area (Å²) in [6, 6.07) is 8.00. The van der Waals surface area contributed by atoms with Crippen molar-refractivity contribution in [1.29, 1.82) is 0 Å². The number of carbonyl (C=O) groups excluding carboxylic acids is 1. The van der Waals surface area contributed by atoms with Gasteiger partial charge in [-0.15, -0.1) is 12.4 Å². The number of ether oxygens (including phenoxy) is 1. The summed E-state index contributed by atoms with van der Waals surface area (Å²) < 4.78 is 5.64. The Kier molecular flexibility index (Phi) is 8.37. The standard InChI is InChI=1S/C17H27N3O2.ClH/c1-13-12-14(8-9-18-13)17(21)19-15-4-6-16(7-5-15)22-11-10-20(2)3;/h4-7,13-14,18H,8-12H2,1-3H3,(H,19,21);1H/t13-,14-;/m0./s1. The van der Waals surface area contributed by atoms with Crippen LogP contribution in [-0.4, -0.2) is 50.6 Å². The smallest absolute Gasteiger partial charge is 0.227 e. The average molecular weight is 342 g/mol. The number of rotatable bonds is 6. The fraction of sp³-hybridized carbons (Fsp3) is 0.588. The minimum atomic E-state index is 0. The van der Waals surface area contributed by atoms with Gasteiger partial charge in [-0.25, -0.2) is 0 Å². The van der Waals surface area contributed by atoms with Crippen molar-refractivity contribution < 1.29 is 9.53 Å². The van der Waals surface area contributed by atoms with Crippen molar-refractivity contribution in [3.8, 4) is 5.75 Å². The summed E-state index contributed by atoms with van der Waals surface area (Å²) in [5.74, 6) is 1.05. The number of halogens is 1. The third-order valence-corrected chi connectivity index (χ3v) is 3.92. The van der Waals surface area contributed by atoms with Crippen LogP contribution < -0.4 is 15.4 Å². The van der Waals surface area contributed by atoms with Crippen LogP contribution in [0.4, 0.5) is 5.69 Å². The summed E-state index contributed by atoms with van der Waals surface area (Å²) in [5, 5.41) is 6.37. The van der Waals surface area contributed by atoms with E-state index in [9.17, 15) is 4.79 Å². The highest BCUT2D eigenvalue weighted by Crippen LogP contribution is 2.20. The third-order valence-electron chi connectivity index (χ3n) is 3.92. The van der Waals surface area contributed by atoms with Gasteiger partial charge in [0.15, 0.2) is 0 Å². The zero-order chi connectivity index (χ0) is 15.9. The normalized spacial score (nSPS) is 20.7. The molecule has 1 heterocycles. The van der Waals surface area contributed by atoms with Gasteiger partial charge in [0, 0.05) is 24.2 Å². The molecule has 0 aromatic heterocycles. The second-order valence-electron chi connectivity index (χ2n) is 6.24. The highest BCUT2D eigenvalue weighted by atomic mass is 35.5. The van der Waals surface area contributed by atoms with Crippen LogP contribution in [0.1, 0.15) is 19.8 Å². The number of piperidine rings is 1. The van der Waals surface area contributed by atoms with E-state index in [2.05, 4.69) is 22.5 Å². The minimum Gasteiger partial charge on any atom is -0.492 e. The van der Waals surface area contributed by atoms with Crippen molar-refractivity contribution in [2.24, 2.45) is 5.92 Å². The molecule has 0 bridgehead atoms. The summed E-state index contributed by atoms with van der Waals surface area (Å²) in [4.78, 5) is 14.3. The minimum absolute atomic E-state index is 0. The molecule has 5 nitrogen and oxygen atoms in total. The van der Waals surface area contributed by atoms with E-state index in [1.54, 1.807) is 0 Å². The van der Waals surface area contributed by atoms with Gasteiger partial charge in [0.1, 0.15) is 12.4 Å². The molecule has 1 amide bonds. The van der Waals surface area contributed by atoms with E-state index in [1.165, 1.54) is 0 Å². The highest BCUT2D eigenvalue weighted by Gasteiger charge is 2.24. The molecule has 2 atom stereocenters. The highest BCUT2D eigenvalue weighted by molar-refractivity contribution is 5.92. The number of hydrogen-bond donors (Lipinski definition) is 2. The molecule has 6 heteroatoms. The van der Waals surface area contributed by atoms with E-state index >= 15 is 0 Å². The lowest BCUT2D eigenvalue weighted by Crippen LogP contribution is -2.40. The van der Waals surface area contributed by atoms with Gasteiger partial charge in [0.25, 0.3) is 0 Å². The van der Waals surface area contributed by atoms with Gasteiger partial charge in [0.2, 0.25) is 5.91 Å². The van der Waals surface area contributed by atoms with Crippen LogP contribution in [0.5, 0.6) is 5.75 Å². The summed E-state index contributed by atoms with van der Waals surface area (Å²) in [6.07, 6.45) is 1.81. The predicted molar refractivity (Wildman–Crippen MR) is 96.6 cm³/mol. The number of nitrogens with one attached hydrogen (secondary N) is 2. The topological polar surface area (TPSA) is 53.6 Å². The zero-order valence-electron chi connectivity index (χ0n) is 14.2. The van der Waals surface area contributed by atoms with Crippen LogP contribution in [0.25, 0.3) is 0 Å². The molecule has 130 valence electrons. The van der Waals surface area contributed by atoms with E-state index in [0.29, 0.717) is 12.6 Å². The first-order valence-electron chi connectivity index (χ1n) is 7.96. The molecule has 2 N–H and O–H groups in total. The van der Waals surface area contributed by atoms with Gasteiger partial charge in [-0.05, 0) is 64.7 Å². The van der Waals surface area contributed by atoms with Gasteiger partial charge in [0.05, 0.1) is 0 Å². The summed E-state index contributed by atoms with van der Waals surface area (Å²) in [7, 11) is 4.03. The zero-order valence-corrected chi connectivity index (χ0v) is 15.0. The molecule has 0 unspecified atom stereocenters. The van der Waals surface area contributed by atoms with E-state index in [1.807, 2.05) is 38.4 Å². The summed E-state index contributed by atoms with van der Waals surface area (Å²) in [5.41, 5.74) is 0.830. The molecule has 0 aliphatic carbocycles. The summed E-state index contributed by atoms with van der Waals surface area (Å²) in [6.45, 7) is 4.58. The fourth-order valence-corrected chi connectivity index (χ4v) is 2.59. The molecule has 0 radical (unpaired) electrons. The van der Waals surface area contributed by atoms with Crippen molar-refractivity contribution >= 4 is 24.0 Å². The maximum atomic E-state index is 12.3. The first-order chi connectivity index (χ1) is 10.5. The Hall–Kier alpha value is -1.30. The average Bonchev–Trinajstić information content (AvgIpc) is 2.48. The maximum Gasteiger partial charge on any atom is 0.227 e. The molecule has 0 spiro atoms. The van der Waals surface area contributed by atoms with Crippen LogP contribution in [0.15, 0.2) is 24.3 Å². The molecule has 1 fully saturated rings. The monoisotopic (exact) mass is 341 g/mol. The van der Waals surface area contributed by atoms with E-state index < -0.39 is 0 Å². The lowest BCUT2D eigenvalue weighted by Gasteiger charge is -2.27. The van der Waals surface area contributed by atoms with Crippen LogP contribution in [0, 0.1) is 5.92 Å². The van der Waals surface area contributed by atoms with Gasteiger partial charge in [-0.2, -0.15) is 0 Å².